The molecule has 98 valence electrons. The number of thioether (sulfide) groups is 1. The largest absolute Gasteiger partial charge is 0.478 e. The van der Waals surface area contributed by atoms with Crippen molar-refractivity contribution >= 4 is 17.7 Å². The van der Waals surface area contributed by atoms with Gasteiger partial charge in [-0.15, -0.1) is 0 Å². The third-order valence-electron chi connectivity index (χ3n) is 3.28. The predicted octanol–water partition coefficient (Wildman–Crippen LogP) is 2.51. The Morgan fingerprint density at radius 1 is 1.56 bits per heavy atom. The molecule has 1 aromatic rings. The van der Waals surface area contributed by atoms with Crippen molar-refractivity contribution in [1.82, 2.24) is 5.32 Å². The van der Waals surface area contributed by atoms with E-state index in [2.05, 4.69) is 11.6 Å². The summed E-state index contributed by atoms with van der Waals surface area (Å²) in [6.07, 6.45) is 4.57. The zero-order chi connectivity index (χ0) is 13.2. The lowest BCUT2D eigenvalue weighted by molar-refractivity contribution is 0.0692. The molecule has 2 rings (SSSR count). The van der Waals surface area contributed by atoms with E-state index in [-0.39, 0.29) is 5.56 Å². The van der Waals surface area contributed by atoms with Crippen LogP contribution >= 0.6 is 11.8 Å². The first kappa shape index (κ1) is 13.4. The van der Waals surface area contributed by atoms with E-state index in [1.165, 1.54) is 25.0 Å². The fraction of sp³-hybridized carbons (Fsp3) is 0.462. The van der Waals surface area contributed by atoms with Crippen molar-refractivity contribution in [3.8, 4) is 0 Å². The standard InChI is InChI=1S/C13H16FNO2S/c1-18-13(4-5-13)8-15-7-9-2-3-10(12(16)17)11(14)6-9/h2-3,6,15H,4-5,7-8H2,1H3,(H,16,17). The first-order chi connectivity index (χ1) is 8.56. The van der Waals surface area contributed by atoms with E-state index in [1.807, 2.05) is 11.8 Å². The molecule has 1 aliphatic carbocycles. The van der Waals surface area contributed by atoms with E-state index in [0.29, 0.717) is 11.3 Å². The van der Waals surface area contributed by atoms with Crippen LogP contribution in [-0.2, 0) is 6.54 Å². The third kappa shape index (κ3) is 3.03. The highest BCUT2D eigenvalue weighted by molar-refractivity contribution is 8.00. The third-order valence-corrected chi connectivity index (χ3v) is 4.70. The van der Waals surface area contributed by atoms with Crippen molar-refractivity contribution < 1.29 is 14.3 Å². The minimum Gasteiger partial charge on any atom is -0.478 e. The Balaban J connectivity index is 1.90. The number of halogens is 1. The van der Waals surface area contributed by atoms with Crippen molar-refractivity contribution in [1.29, 1.82) is 0 Å². The molecule has 0 heterocycles. The van der Waals surface area contributed by atoms with E-state index in [9.17, 15) is 9.18 Å². The molecule has 0 radical (unpaired) electrons. The van der Waals surface area contributed by atoms with Crippen LogP contribution < -0.4 is 5.32 Å². The monoisotopic (exact) mass is 269 g/mol. The quantitative estimate of drug-likeness (QED) is 0.833. The second-order valence-corrected chi connectivity index (χ2v) is 5.88. The summed E-state index contributed by atoms with van der Waals surface area (Å²) in [7, 11) is 0. The summed E-state index contributed by atoms with van der Waals surface area (Å²) in [5.74, 6) is -1.90. The number of hydrogen-bond acceptors (Lipinski definition) is 3. The van der Waals surface area contributed by atoms with E-state index >= 15 is 0 Å². The van der Waals surface area contributed by atoms with Crippen LogP contribution in [0.4, 0.5) is 4.39 Å². The van der Waals surface area contributed by atoms with Gasteiger partial charge in [0.15, 0.2) is 0 Å². The van der Waals surface area contributed by atoms with Gasteiger partial charge in [0.05, 0.1) is 5.56 Å². The second-order valence-electron chi connectivity index (χ2n) is 4.61. The maximum Gasteiger partial charge on any atom is 0.338 e. The van der Waals surface area contributed by atoms with Gasteiger partial charge in [-0.2, -0.15) is 11.8 Å². The van der Waals surface area contributed by atoms with Gasteiger partial charge in [-0.1, -0.05) is 6.07 Å². The number of aromatic carboxylic acids is 1. The minimum atomic E-state index is -1.23. The first-order valence-corrected chi connectivity index (χ1v) is 7.06. The lowest BCUT2D eigenvalue weighted by Gasteiger charge is -2.13. The second kappa shape index (κ2) is 5.28. The highest BCUT2D eigenvalue weighted by atomic mass is 32.2. The van der Waals surface area contributed by atoms with Gasteiger partial charge in [-0.3, -0.25) is 0 Å². The van der Waals surface area contributed by atoms with Crippen LogP contribution in [0.25, 0.3) is 0 Å². The summed E-state index contributed by atoms with van der Waals surface area (Å²) in [5, 5.41) is 12.0. The van der Waals surface area contributed by atoms with Gasteiger partial charge in [0, 0.05) is 17.8 Å². The van der Waals surface area contributed by atoms with E-state index in [1.54, 1.807) is 6.07 Å². The summed E-state index contributed by atoms with van der Waals surface area (Å²) < 4.78 is 13.8. The zero-order valence-corrected chi connectivity index (χ0v) is 11.0. The van der Waals surface area contributed by atoms with Crippen molar-refractivity contribution in [2.45, 2.75) is 24.1 Å². The summed E-state index contributed by atoms with van der Waals surface area (Å²) in [4.78, 5) is 10.7. The Morgan fingerprint density at radius 2 is 2.28 bits per heavy atom. The van der Waals surface area contributed by atoms with Crippen molar-refractivity contribution in [2.75, 3.05) is 12.8 Å². The van der Waals surface area contributed by atoms with Crippen LogP contribution in [0.2, 0.25) is 0 Å². The van der Waals surface area contributed by atoms with Crippen molar-refractivity contribution in [3.63, 3.8) is 0 Å². The van der Waals surface area contributed by atoms with Crippen LogP contribution in [0.1, 0.15) is 28.8 Å². The smallest absolute Gasteiger partial charge is 0.338 e. The molecule has 0 aliphatic heterocycles. The molecule has 1 fully saturated rings. The average molecular weight is 269 g/mol. The topological polar surface area (TPSA) is 49.3 Å². The van der Waals surface area contributed by atoms with Crippen LogP contribution in [-0.4, -0.2) is 28.6 Å². The van der Waals surface area contributed by atoms with Gasteiger partial charge >= 0.3 is 5.97 Å². The molecular formula is C13H16FNO2S. The Morgan fingerprint density at radius 3 is 2.78 bits per heavy atom. The average Bonchev–Trinajstić information content (AvgIpc) is 3.09. The Kier molecular flexibility index (Phi) is 3.92. The maximum absolute atomic E-state index is 13.4. The number of rotatable bonds is 6. The van der Waals surface area contributed by atoms with Gasteiger partial charge in [-0.05, 0) is 36.8 Å². The first-order valence-electron chi connectivity index (χ1n) is 5.84. The highest BCUT2D eigenvalue weighted by Gasteiger charge is 2.41. The zero-order valence-electron chi connectivity index (χ0n) is 10.2. The number of nitrogens with one attached hydrogen (secondary N) is 1. The molecule has 0 unspecified atom stereocenters. The molecular weight excluding hydrogens is 253 g/mol. The lowest BCUT2D eigenvalue weighted by atomic mass is 10.1. The summed E-state index contributed by atoms with van der Waals surface area (Å²) >= 11 is 1.87. The molecule has 0 saturated heterocycles. The van der Waals surface area contributed by atoms with E-state index < -0.39 is 11.8 Å². The van der Waals surface area contributed by atoms with Gasteiger partial charge in [0.2, 0.25) is 0 Å². The maximum atomic E-state index is 13.4. The molecule has 0 amide bonds. The highest BCUT2D eigenvalue weighted by Crippen LogP contribution is 2.46. The molecule has 0 bridgehead atoms. The van der Waals surface area contributed by atoms with Crippen LogP contribution in [0.15, 0.2) is 18.2 Å². The van der Waals surface area contributed by atoms with Crippen molar-refractivity contribution in [3.05, 3.63) is 35.1 Å². The minimum absolute atomic E-state index is 0.276. The number of carboxylic acid groups (broad SMARTS) is 1. The fourth-order valence-electron chi connectivity index (χ4n) is 1.87. The Hall–Kier alpha value is -1.07. The van der Waals surface area contributed by atoms with Crippen molar-refractivity contribution in [2.24, 2.45) is 0 Å². The Labute approximate surface area is 110 Å². The van der Waals surface area contributed by atoms with Gasteiger partial charge in [0.1, 0.15) is 5.82 Å². The molecule has 1 aromatic carbocycles. The molecule has 0 aromatic heterocycles. The van der Waals surface area contributed by atoms with Crippen LogP contribution in [0, 0.1) is 5.82 Å². The normalized spacial score (nSPS) is 16.6. The predicted molar refractivity (Wildman–Crippen MR) is 70.5 cm³/mol. The number of hydrogen-bond donors (Lipinski definition) is 2. The summed E-state index contributed by atoms with van der Waals surface area (Å²) in [5.41, 5.74) is 0.496. The molecule has 0 atom stereocenters. The summed E-state index contributed by atoms with van der Waals surface area (Å²) in [6.45, 7) is 1.48. The molecule has 1 aliphatic rings. The molecule has 1 saturated carbocycles. The lowest BCUT2D eigenvalue weighted by Crippen LogP contribution is -2.25. The molecule has 0 spiro atoms. The summed E-state index contributed by atoms with van der Waals surface area (Å²) in [6, 6.07) is 4.25. The number of carbonyl (C=O) groups is 1. The molecule has 5 heteroatoms. The fourth-order valence-corrected chi connectivity index (χ4v) is 2.63. The van der Waals surface area contributed by atoms with Gasteiger partial charge < -0.3 is 10.4 Å². The van der Waals surface area contributed by atoms with E-state index in [4.69, 9.17) is 5.11 Å². The van der Waals surface area contributed by atoms with Gasteiger partial charge in [-0.25, -0.2) is 9.18 Å². The molecule has 2 N–H and O–H groups in total. The SMILES string of the molecule is CSC1(CNCc2ccc(C(=O)O)c(F)c2)CC1. The van der Waals surface area contributed by atoms with Crippen LogP contribution in [0.5, 0.6) is 0 Å². The van der Waals surface area contributed by atoms with Crippen LogP contribution in [0.3, 0.4) is 0 Å². The number of carboxylic acids is 1. The molecule has 18 heavy (non-hydrogen) atoms. The number of benzene rings is 1. The Bertz CT molecular complexity index is 460. The van der Waals surface area contributed by atoms with Gasteiger partial charge in [0.25, 0.3) is 0 Å². The van der Waals surface area contributed by atoms with E-state index in [0.717, 1.165) is 12.1 Å². The molecule has 3 nitrogen and oxygen atoms in total.